The van der Waals surface area contributed by atoms with Gasteiger partial charge in [0.15, 0.2) is 0 Å². The topological polar surface area (TPSA) is 41.6 Å². The molecule has 0 atom stereocenters. The minimum atomic E-state index is -0.360. The number of benzene rings is 1. The van der Waals surface area contributed by atoms with Crippen LogP contribution in [0.5, 0.6) is 5.75 Å². The van der Waals surface area contributed by atoms with Gasteiger partial charge in [-0.2, -0.15) is 0 Å². The lowest BCUT2D eigenvalue weighted by Gasteiger charge is -2.36. The van der Waals surface area contributed by atoms with E-state index in [4.69, 9.17) is 4.74 Å². The van der Waals surface area contributed by atoms with E-state index in [0.29, 0.717) is 0 Å². The van der Waals surface area contributed by atoms with Crippen molar-refractivity contribution in [3.8, 4) is 5.75 Å². The molecular formula is C21H32N2O2. The van der Waals surface area contributed by atoms with Crippen LogP contribution in [0, 0.1) is 0 Å². The van der Waals surface area contributed by atoms with Crippen molar-refractivity contribution in [3.63, 3.8) is 0 Å². The van der Waals surface area contributed by atoms with Crippen LogP contribution in [0.4, 0.5) is 0 Å². The Bertz CT molecular complexity index is 560. The van der Waals surface area contributed by atoms with E-state index in [0.717, 1.165) is 62.7 Å². The Balaban J connectivity index is 1.67. The zero-order chi connectivity index (χ0) is 17.7. The van der Waals surface area contributed by atoms with Crippen molar-refractivity contribution >= 4 is 5.91 Å². The average Bonchev–Trinajstić information content (AvgIpc) is 3.51. The van der Waals surface area contributed by atoms with Crippen molar-refractivity contribution in [2.75, 3.05) is 26.7 Å². The number of likely N-dealkylation sites (N-methyl/N-ethyl adjacent to an activating group) is 1. The van der Waals surface area contributed by atoms with E-state index >= 15 is 0 Å². The smallest absolute Gasteiger partial charge is 0.230 e. The maximum absolute atomic E-state index is 13.2. The summed E-state index contributed by atoms with van der Waals surface area (Å²) in [6, 6.07) is 8.86. The first-order valence-corrected chi connectivity index (χ1v) is 9.86. The second-order valence-corrected chi connectivity index (χ2v) is 7.49. The van der Waals surface area contributed by atoms with Gasteiger partial charge in [-0.3, -0.25) is 9.69 Å². The third kappa shape index (κ3) is 4.17. The van der Waals surface area contributed by atoms with Crippen LogP contribution in [0.3, 0.4) is 0 Å². The molecule has 0 saturated heterocycles. The predicted octanol–water partition coefficient (Wildman–Crippen LogP) is 3.50. The molecule has 0 bridgehead atoms. The second kappa shape index (κ2) is 8.22. The molecule has 0 unspecified atom stereocenters. The summed E-state index contributed by atoms with van der Waals surface area (Å²) in [4.78, 5) is 15.7. The van der Waals surface area contributed by atoms with Crippen LogP contribution in [-0.2, 0) is 10.2 Å². The number of carbonyl (C=O) groups is 1. The van der Waals surface area contributed by atoms with Crippen LogP contribution >= 0.6 is 0 Å². The number of hydrogen-bond donors (Lipinski definition) is 1. The molecule has 2 aliphatic carbocycles. The molecule has 0 heterocycles. The lowest BCUT2D eigenvalue weighted by molar-refractivity contribution is -0.128. The number of hydrogen-bond acceptors (Lipinski definition) is 3. The van der Waals surface area contributed by atoms with Gasteiger partial charge in [-0.05, 0) is 49.9 Å². The van der Waals surface area contributed by atoms with Crippen LogP contribution in [0.15, 0.2) is 24.3 Å². The van der Waals surface area contributed by atoms with Crippen molar-refractivity contribution in [3.05, 3.63) is 29.8 Å². The first-order valence-electron chi connectivity index (χ1n) is 9.86. The number of amides is 1. The van der Waals surface area contributed by atoms with Gasteiger partial charge >= 0.3 is 0 Å². The van der Waals surface area contributed by atoms with Gasteiger partial charge in [0.05, 0.1) is 12.5 Å². The summed E-state index contributed by atoms with van der Waals surface area (Å²) in [6.07, 6.45) is 8.02. The first kappa shape index (κ1) is 18.2. The lowest BCUT2D eigenvalue weighted by atomic mass is 9.68. The first-order chi connectivity index (χ1) is 12.2. The molecule has 0 spiro atoms. The minimum Gasteiger partial charge on any atom is -0.497 e. The molecule has 138 valence electrons. The van der Waals surface area contributed by atoms with E-state index in [9.17, 15) is 4.79 Å². The van der Waals surface area contributed by atoms with Gasteiger partial charge in [0.2, 0.25) is 5.91 Å². The van der Waals surface area contributed by atoms with E-state index < -0.39 is 0 Å². The quantitative estimate of drug-likeness (QED) is 0.785. The van der Waals surface area contributed by atoms with E-state index in [-0.39, 0.29) is 11.3 Å². The Morgan fingerprint density at radius 2 is 1.88 bits per heavy atom. The van der Waals surface area contributed by atoms with Crippen molar-refractivity contribution < 1.29 is 9.53 Å². The number of nitrogens with zero attached hydrogens (tertiary/aromatic N) is 1. The summed E-state index contributed by atoms with van der Waals surface area (Å²) in [7, 11) is 1.68. The number of nitrogens with one attached hydrogen (secondary N) is 1. The zero-order valence-corrected chi connectivity index (χ0v) is 15.7. The number of methoxy groups -OCH3 is 1. The molecular weight excluding hydrogens is 312 g/mol. The highest BCUT2D eigenvalue weighted by molar-refractivity contribution is 5.88. The fraction of sp³-hybridized carbons (Fsp3) is 0.667. The van der Waals surface area contributed by atoms with Crippen molar-refractivity contribution in [1.29, 1.82) is 0 Å². The Morgan fingerprint density at radius 3 is 2.44 bits per heavy atom. The summed E-state index contributed by atoms with van der Waals surface area (Å²) in [6.45, 7) is 5.00. The number of carbonyl (C=O) groups excluding carboxylic acids is 1. The van der Waals surface area contributed by atoms with Crippen LogP contribution in [-0.4, -0.2) is 43.6 Å². The molecule has 1 aromatic carbocycles. The zero-order valence-electron chi connectivity index (χ0n) is 15.7. The highest BCUT2D eigenvalue weighted by Crippen LogP contribution is 2.40. The summed E-state index contributed by atoms with van der Waals surface area (Å²) in [5, 5.41) is 3.26. The fourth-order valence-electron chi connectivity index (χ4n) is 4.23. The third-order valence-electron chi connectivity index (χ3n) is 5.94. The predicted molar refractivity (Wildman–Crippen MR) is 101 cm³/mol. The Hall–Kier alpha value is -1.55. The van der Waals surface area contributed by atoms with E-state index in [1.807, 2.05) is 12.1 Å². The highest BCUT2D eigenvalue weighted by Gasteiger charge is 2.41. The maximum atomic E-state index is 13.2. The molecule has 4 heteroatoms. The van der Waals surface area contributed by atoms with E-state index in [2.05, 4.69) is 29.3 Å². The number of ether oxygens (including phenoxy) is 1. The second-order valence-electron chi connectivity index (χ2n) is 7.49. The van der Waals surface area contributed by atoms with E-state index in [1.165, 1.54) is 19.3 Å². The van der Waals surface area contributed by atoms with Crippen molar-refractivity contribution in [1.82, 2.24) is 10.2 Å². The van der Waals surface area contributed by atoms with Crippen molar-refractivity contribution in [2.45, 2.75) is 63.3 Å². The molecule has 25 heavy (non-hydrogen) atoms. The SMILES string of the molecule is CCN(CCNC(=O)C1(c2ccc(OC)cc2)CCCCC1)C1CC1. The Labute approximate surface area is 151 Å². The monoisotopic (exact) mass is 344 g/mol. The molecule has 0 radical (unpaired) electrons. The molecule has 3 rings (SSSR count). The van der Waals surface area contributed by atoms with Crippen LogP contribution in [0.1, 0.15) is 57.4 Å². The third-order valence-corrected chi connectivity index (χ3v) is 5.94. The average molecular weight is 344 g/mol. The molecule has 0 aliphatic heterocycles. The molecule has 2 aliphatic rings. The van der Waals surface area contributed by atoms with Gasteiger partial charge in [-0.15, -0.1) is 0 Å². The molecule has 4 nitrogen and oxygen atoms in total. The van der Waals surface area contributed by atoms with Gasteiger partial charge < -0.3 is 10.1 Å². The summed E-state index contributed by atoms with van der Waals surface area (Å²) >= 11 is 0. The normalized spacial score (nSPS) is 19.6. The maximum Gasteiger partial charge on any atom is 0.230 e. The largest absolute Gasteiger partial charge is 0.497 e. The Morgan fingerprint density at radius 1 is 1.20 bits per heavy atom. The van der Waals surface area contributed by atoms with Gasteiger partial charge in [0.1, 0.15) is 5.75 Å². The van der Waals surface area contributed by atoms with Gasteiger partial charge in [0.25, 0.3) is 0 Å². The Kier molecular flexibility index (Phi) is 6.00. The standard InChI is InChI=1S/C21H32N2O2/c1-3-23(18-9-10-18)16-15-22-20(24)21(13-5-4-6-14-21)17-7-11-19(25-2)12-8-17/h7-8,11-12,18H,3-6,9-10,13-16H2,1-2H3,(H,22,24). The summed E-state index contributed by atoms with van der Waals surface area (Å²) < 4.78 is 5.28. The summed E-state index contributed by atoms with van der Waals surface area (Å²) in [5.74, 6) is 1.06. The lowest BCUT2D eigenvalue weighted by Crippen LogP contribution is -2.47. The van der Waals surface area contributed by atoms with Crippen LogP contribution in [0.25, 0.3) is 0 Å². The molecule has 1 amide bonds. The van der Waals surface area contributed by atoms with Crippen LogP contribution in [0.2, 0.25) is 0 Å². The molecule has 1 aromatic rings. The fourth-order valence-corrected chi connectivity index (χ4v) is 4.23. The highest BCUT2D eigenvalue weighted by atomic mass is 16.5. The van der Waals surface area contributed by atoms with Crippen molar-refractivity contribution in [2.24, 2.45) is 0 Å². The molecule has 0 aromatic heterocycles. The molecule has 2 fully saturated rings. The van der Waals surface area contributed by atoms with E-state index in [1.54, 1.807) is 7.11 Å². The molecule has 2 saturated carbocycles. The van der Waals surface area contributed by atoms with Gasteiger partial charge in [-0.25, -0.2) is 0 Å². The minimum absolute atomic E-state index is 0.212. The van der Waals surface area contributed by atoms with Gasteiger partial charge in [-0.1, -0.05) is 38.3 Å². The van der Waals surface area contributed by atoms with Gasteiger partial charge in [0, 0.05) is 19.1 Å². The molecule has 1 N–H and O–H groups in total. The summed E-state index contributed by atoms with van der Waals surface area (Å²) in [5.41, 5.74) is 0.779. The number of rotatable bonds is 8. The van der Waals surface area contributed by atoms with Crippen LogP contribution < -0.4 is 10.1 Å².